The summed E-state index contributed by atoms with van der Waals surface area (Å²) in [4.78, 5) is 22.3. The molecule has 0 radical (unpaired) electrons. The number of aromatic amines is 1. The molecule has 2 heterocycles. The number of carbonyl (C=O) groups excluding carboxylic acids is 1. The van der Waals surface area contributed by atoms with Crippen molar-refractivity contribution < 1.29 is 13.6 Å². The Hall–Kier alpha value is -3.02. The summed E-state index contributed by atoms with van der Waals surface area (Å²) in [6.45, 7) is 1.24. The van der Waals surface area contributed by atoms with E-state index in [1.54, 1.807) is 23.2 Å². The monoisotopic (exact) mass is 367 g/mol. The van der Waals surface area contributed by atoms with Gasteiger partial charge in [-0.3, -0.25) is 4.79 Å². The van der Waals surface area contributed by atoms with Crippen LogP contribution in [0.25, 0.3) is 11.3 Å². The Morgan fingerprint density at radius 3 is 2.41 bits per heavy atom. The lowest BCUT2D eigenvalue weighted by atomic mass is 9.96. The summed E-state index contributed by atoms with van der Waals surface area (Å²) in [5.41, 5.74) is 2.18. The van der Waals surface area contributed by atoms with Crippen LogP contribution >= 0.6 is 0 Å². The van der Waals surface area contributed by atoms with E-state index in [4.69, 9.17) is 0 Å². The van der Waals surface area contributed by atoms with Crippen molar-refractivity contribution in [3.8, 4) is 11.3 Å². The van der Waals surface area contributed by atoms with Gasteiger partial charge in [-0.1, -0.05) is 0 Å². The minimum absolute atomic E-state index is 0.0926. The Labute approximate surface area is 155 Å². The molecule has 1 amide bonds. The molecule has 1 aliphatic heterocycles. The van der Waals surface area contributed by atoms with Crippen molar-refractivity contribution in [3.05, 3.63) is 77.8 Å². The van der Waals surface area contributed by atoms with Gasteiger partial charge in [0.05, 0.1) is 11.9 Å². The van der Waals surface area contributed by atoms with Gasteiger partial charge < -0.3 is 9.88 Å². The number of halogens is 2. The highest BCUT2D eigenvalue weighted by molar-refractivity contribution is 5.94. The predicted octanol–water partition coefficient (Wildman–Crippen LogP) is 4.37. The summed E-state index contributed by atoms with van der Waals surface area (Å²) in [6.07, 6.45) is 3.55. The van der Waals surface area contributed by atoms with Crippen molar-refractivity contribution in [1.29, 1.82) is 0 Å². The topological polar surface area (TPSA) is 49.0 Å². The van der Waals surface area contributed by atoms with Crippen molar-refractivity contribution in [2.45, 2.75) is 18.8 Å². The van der Waals surface area contributed by atoms with Crippen molar-refractivity contribution in [2.24, 2.45) is 0 Å². The van der Waals surface area contributed by atoms with Gasteiger partial charge in [-0.25, -0.2) is 13.8 Å². The van der Waals surface area contributed by atoms with E-state index in [2.05, 4.69) is 9.97 Å². The third-order valence-electron chi connectivity index (χ3n) is 4.94. The molecule has 1 N–H and O–H groups in total. The van der Waals surface area contributed by atoms with Crippen LogP contribution in [0.4, 0.5) is 8.78 Å². The number of aromatic nitrogens is 2. The van der Waals surface area contributed by atoms with E-state index in [-0.39, 0.29) is 23.5 Å². The van der Waals surface area contributed by atoms with Crippen LogP contribution in [-0.2, 0) is 0 Å². The molecule has 3 aromatic rings. The van der Waals surface area contributed by atoms with Crippen molar-refractivity contribution in [2.75, 3.05) is 13.1 Å². The summed E-state index contributed by atoms with van der Waals surface area (Å²) in [5.74, 6) is 0.209. The van der Waals surface area contributed by atoms with Gasteiger partial charge in [-0.2, -0.15) is 0 Å². The lowest BCUT2D eigenvalue weighted by Crippen LogP contribution is -2.39. The van der Waals surface area contributed by atoms with E-state index in [0.717, 1.165) is 29.9 Å². The van der Waals surface area contributed by atoms with E-state index in [0.29, 0.717) is 18.7 Å². The fourth-order valence-electron chi connectivity index (χ4n) is 3.48. The average Bonchev–Trinajstić information content (AvgIpc) is 3.19. The molecular formula is C21H19F2N3O. The van der Waals surface area contributed by atoms with Gasteiger partial charge in [0.25, 0.3) is 5.91 Å². The summed E-state index contributed by atoms with van der Waals surface area (Å²) in [7, 11) is 0. The first kappa shape index (κ1) is 17.4. The Kier molecular flexibility index (Phi) is 4.71. The van der Waals surface area contributed by atoms with E-state index in [9.17, 15) is 13.6 Å². The van der Waals surface area contributed by atoms with Gasteiger partial charge in [0.1, 0.15) is 17.5 Å². The van der Waals surface area contributed by atoms with Crippen LogP contribution in [0.3, 0.4) is 0 Å². The molecule has 0 spiro atoms. The number of nitrogens with zero attached hydrogens (tertiary/aromatic N) is 2. The standard InChI is InChI=1S/C21H19F2N3O/c22-17-7-3-14(4-8-17)19-12-24-20(25-19)16-2-1-11-26(13-16)21(27)15-5-9-18(23)10-6-15/h3-10,12,16H,1-2,11,13H2,(H,24,25)/t16-/m0/s1. The Morgan fingerprint density at radius 1 is 1.04 bits per heavy atom. The van der Waals surface area contributed by atoms with Crippen molar-refractivity contribution in [3.63, 3.8) is 0 Å². The van der Waals surface area contributed by atoms with Crippen LogP contribution in [0.2, 0.25) is 0 Å². The maximum Gasteiger partial charge on any atom is 0.253 e. The molecular weight excluding hydrogens is 348 g/mol. The van der Waals surface area contributed by atoms with Crippen LogP contribution < -0.4 is 0 Å². The third-order valence-corrected chi connectivity index (χ3v) is 4.94. The first-order chi connectivity index (χ1) is 13.1. The third kappa shape index (κ3) is 3.74. The van der Waals surface area contributed by atoms with Crippen LogP contribution in [-0.4, -0.2) is 33.9 Å². The Morgan fingerprint density at radius 2 is 1.70 bits per heavy atom. The maximum absolute atomic E-state index is 13.1. The van der Waals surface area contributed by atoms with Gasteiger partial charge in [-0.05, 0) is 66.9 Å². The molecule has 0 unspecified atom stereocenters. The van der Waals surface area contributed by atoms with E-state index < -0.39 is 0 Å². The first-order valence-corrected chi connectivity index (χ1v) is 8.96. The largest absolute Gasteiger partial charge is 0.342 e. The fraction of sp³-hybridized carbons (Fsp3) is 0.238. The number of amides is 1. The van der Waals surface area contributed by atoms with Crippen LogP contribution in [0.15, 0.2) is 54.7 Å². The lowest BCUT2D eigenvalue weighted by molar-refractivity contribution is 0.0705. The van der Waals surface area contributed by atoms with Crippen LogP contribution in [0.1, 0.15) is 34.9 Å². The second-order valence-electron chi connectivity index (χ2n) is 6.79. The van der Waals surface area contributed by atoms with Crippen LogP contribution in [0.5, 0.6) is 0 Å². The van der Waals surface area contributed by atoms with Gasteiger partial charge in [0, 0.05) is 24.6 Å². The number of carbonyl (C=O) groups is 1. The first-order valence-electron chi connectivity index (χ1n) is 8.96. The number of benzene rings is 2. The van der Waals surface area contributed by atoms with E-state index >= 15 is 0 Å². The van der Waals surface area contributed by atoms with E-state index in [1.165, 1.54) is 36.4 Å². The van der Waals surface area contributed by atoms with Crippen molar-refractivity contribution >= 4 is 5.91 Å². The zero-order valence-corrected chi connectivity index (χ0v) is 14.7. The lowest BCUT2D eigenvalue weighted by Gasteiger charge is -2.32. The normalized spacial score (nSPS) is 17.1. The number of piperidine rings is 1. The number of imidazole rings is 1. The van der Waals surface area contributed by atoms with Crippen molar-refractivity contribution in [1.82, 2.24) is 14.9 Å². The highest BCUT2D eigenvalue weighted by Crippen LogP contribution is 2.28. The smallest absolute Gasteiger partial charge is 0.253 e. The molecule has 6 heteroatoms. The molecule has 1 fully saturated rings. The summed E-state index contributed by atoms with van der Waals surface area (Å²) in [5, 5.41) is 0. The van der Waals surface area contributed by atoms with Crippen LogP contribution in [0, 0.1) is 11.6 Å². The van der Waals surface area contributed by atoms with Gasteiger partial charge in [-0.15, -0.1) is 0 Å². The number of likely N-dealkylation sites (tertiary alicyclic amines) is 1. The maximum atomic E-state index is 13.1. The molecule has 2 aromatic carbocycles. The zero-order chi connectivity index (χ0) is 18.8. The number of hydrogen-bond acceptors (Lipinski definition) is 2. The number of nitrogens with one attached hydrogen (secondary N) is 1. The second-order valence-corrected chi connectivity index (χ2v) is 6.79. The molecule has 1 aliphatic rings. The zero-order valence-electron chi connectivity index (χ0n) is 14.7. The van der Waals surface area contributed by atoms with Gasteiger partial charge >= 0.3 is 0 Å². The summed E-state index contributed by atoms with van der Waals surface area (Å²) in [6, 6.07) is 11.9. The minimum Gasteiger partial charge on any atom is -0.342 e. The molecule has 1 saturated heterocycles. The Bertz CT molecular complexity index is 935. The molecule has 4 rings (SSSR count). The molecule has 0 saturated carbocycles. The molecule has 4 nitrogen and oxygen atoms in total. The van der Waals surface area contributed by atoms with Gasteiger partial charge in [0.15, 0.2) is 0 Å². The minimum atomic E-state index is -0.355. The predicted molar refractivity (Wildman–Crippen MR) is 98.3 cm³/mol. The molecule has 27 heavy (non-hydrogen) atoms. The summed E-state index contributed by atoms with van der Waals surface area (Å²) >= 11 is 0. The SMILES string of the molecule is O=C(c1ccc(F)cc1)N1CCC[C@H](c2ncc(-c3ccc(F)cc3)[nH]2)C1. The van der Waals surface area contributed by atoms with E-state index in [1.807, 2.05) is 0 Å². The average molecular weight is 367 g/mol. The molecule has 0 aliphatic carbocycles. The highest BCUT2D eigenvalue weighted by atomic mass is 19.1. The number of hydrogen-bond donors (Lipinski definition) is 1. The quantitative estimate of drug-likeness (QED) is 0.747. The Balaban J connectivity index is 1.49. The molecule has 1 atom stereocenters. The fourth-order valence-corrected chi connectivity index (χ4v) is 3.48. The number of H-pyrrole nitrogens is 1. The highest BCUT2D eigenvalue weighted by Gasteiger charge is 2.27. The summed E-state index contributed by atoms with van der Waals surface area (Å²) < 4.78 is 26.2. The molecule has 0 bridgehead atoms. The number of rotatable bonds is 3. The second kappa shape index (κ2) is 7.31. The van der Waals surface area contributed by atoms with Gasteiger partial charge in [0.2, 0.25) is 0 Å². The molecule has 138 valence electrons. The molecule has 1 aromatic heterocycles.